The van der Waals surface area contributed by atoms with Crippen molar-refractivity contribution in [2.24, 2.45) is 0 Å². The second kappa shape index (κ2) is 2.66. The molecule has 9 heteroatoms. The van der Waals surface area contributed by atoms with E-state index in [1.54, 1.807) is 0 Å². The fraction of sp³-hybridized carbons (Fsp3) is 0. The lowest BCUT2D eigenvalue weighted by Gasteiger charge is -1.98. The molecule has 0 bridgehead atoms. The van der Waals surface area contributed by atoms with Crippen LogP contribution in [0.15, 0.2) is 0 Å². The van der Waals surface area contributed by atoms with Gasteiger partial charge in [0, 0.05) is 11.8 Å². The van der Waals surface area contributed by atoms with E-state index in [1.165, 1.54) is 0 Å². The largest absolute Gasteiger partial charge is 0.559 e. The Bertz CT molecular complexity index is 157. The molecule has 0 aliphatic carbocycles. The molecule has 0 saturated heterocycles. The molecule has 0 heterocycles. The maximum Gasteiger partial charge on any atom is 0.559 e. The molecule has 2 nitrogen and oxygen atoms in total. The summed E-state index contributed by atoms with van der Waals surface area (Å²) >= 11 is 3.14. The summed E-state index contributed by atoms with van der Waals surface area (Å²) in [7, 11) is -6.09. The second-order valence-electron chi connectivity index (χ2n) is 0.911. The molecule has 0 saturated carbocycles. The number of halogens is 4. The first-order chi connectivity index (χ1) is 3.71. The van der Waals surface area contributed by atoms with Crippen molar-refractivity contribution in [3.05, 3.63) is 0 Å². The molecule has 0 amide bonds. The van der Waals surface area contributed by atoms with Crippen molar-refractivity contribution >= 4 is 26.7 Å². The predicted octanol–water partition coefficient (Wildman–Crippen LogP) is 3.21. The van der Waals surface area contributed by atoms with Gasteiger partial charge >= 0.3 is 14.9 Å². The van der Waals surface area contributed by atoms with Gasteiger partial charge in [-0.05, 0) is 0 Å². The van der Waals surface area contributed by atoms with Crippen LogP contribution in [0.2, 0.25) is 0 Å². The van der Waals surface area contributed by atoms with E-state index < -0.39 is 14.9 Å². The number of rotatable bonds is 2. The fourth-order valence-electron chi connectivity index (χ4n) is 0.111. The van der Waals surface area contributed by atoms with Crippen LogP contribution in [0.3, 0.4) is 0 Å². The van der Waals surface area contributed by atoms with Crippen LogP contribution in [0.1, 0.15) is 0 Å². The Morgan fingerprint density at radius 2 is 1.56 bits per heavy atom. The van der Waals surface area contributed by atoms with Gasteiger partial charge in [0.1, 0.15) is 0 Å². The smallest absolute Gasteiger partial charge is 0.218 e. The van der Waals surface area contributed by atoms with Crippen LogP contribution in [0.5, 0.6) is 0 Å². The fourth-order valence-corrected chi connectivity index (χ4v) is 1.69. The van der Waals surface area contributed by atoms with Crippen LogP contribution < -0.4 is 0 Å². The molecule has 0 spiro atoms. The van der Waals surface area contributed by atoms with Crippen molar-refractivity contribution in [3.63, 3.8) is 0 Å². The van der Waals surface area contributed by atoms with Gasteiger partial charge in [0.25, 0.3) is 0 Å². The average molecular weight is 202 g/mol. The van der Waals surface area contributed by atoms with E-state index in [9.17, 15) is 16.8 Å². The first-order valence-electron chi connectivity index (χ1n) is 1.41. The number of hydrogen-bond acceptors (Lipinski definition) is 3. The van der Waals surface area contributed by atoms with E-state index in [1.807, 2.05) is 0 Å². The normalized spacial score (nSPS) is 13.8. The lowest BCUT2D eigenvalue weighted by molar-refractivity contribution is 0.376. The third-order valence-corrected chi connectivity index (χ3v) is 2.31. The van der Waals surface area contributed by atoms with Gasteiger partial charge in [0.15, 0.2) is 0 Å². The topological polar surface area (TPSA) is 26.3 Å². The maximum absolute atomic E-state index is 11.3. The molecule has 9 heavy (non-hydrogen) atoms. The van der Waals surface area contributed by atoms with E-state index in [4.69, 9.17) is 4.57 Å². The zero-order valence-corrected chi connectivity index (χ0v) is 6.24. The zero-order valence-electron chi connectivity index (χ0n) is 3.63. The van der Waals surface area contributed by atoms with Crippen LogP contribution in [-0.4, -0.2) is 0 Å². The molecule has 0 rings (SSSR count). The minimum absolute atomic E-state index is 2.44. The van der Waals surface area contributed by atoms with E-state index in [0.717, 1.165) is 0 Å². The van der Waals surface area contributed by atoms with Gasteiger partial charge in [-0.25, -0.2) is 4.57 Å². The molecule has 0 fully saturated rings. The summed E-state index contributed by atoms with van der Waals surface area (Å²) < 4.78 is 56.2. The first-order valence-corrected chi connectivity index (χ1v) is 5.31. The quantitative estimate of drug-likeness (QED) is 0.507. The molecule has 0 atom stereocenters. The van der Waals surface area contributed by atoms with Crippen molar-refractivity contribution in [1.29, 1.82) is 0 Å². The summed E-state index contributed by atoms with van der Waals surface area (Å²) in [5.74, 6) is 0. The molecule has 56 valence electrons. The molecule has 0 radical (unpaired) electrons. The molecule has 0 aliphatic heterocycles. The maximum atomic E-state index is 11.3. The molecule has 0 aromatic rings. The Kier molecular flexibility index (Phi) is 2.83. The van der Waals surface area contributed by atoms with Gasteiger partial charge in [-0.2, -0.15) is 12.7 Å². The van der Waals surface area contributed by atoms with Gasteiger partial charge in [0.2, 0.25) is 0 Å². The summed E-state index contributed by atoms with van der Waals surface area (Å²) in [5.41, 5.74) is 0. The minimum Gasteiger partial charge on any atom is -0.218 e. The third kappa shape index (κ3) is 8.56. The average Bonchev–Trinajstić information content (AvgIpc) is 1.14. The van der Waals surface area contributed by atoms with Crippen LogP contribution in [0, 0.1) is 0 Å². The van der Waals surface area contributed by atoms with Crippen molar-refractivity contribution < 1.29 is 25.7 Å². The Morgan fingerprint density at radius 3 is 1.56 bits per heavy atom. The molecule has 0 aromatic heterocycles. The van der Waals surface area contributed by atoms with E-state index in [-0.39, 0.29) is 0 Å². The highest BCUT2D eigenvalue weighted by Crippen LogP contribution is 2.67. The molecular formula is F4O2P2S. The van der Waals surface area contributed by atoms with E-state index in [2.05, 4.69) is 16.1 Å². The van der Waals surface area contributed by atoms with Gasteiger partial charge in [0.05, 0.1) is 0 Å². The molecule has 0 N–H and O–H groups in total. The van der Waals surface area contributed by atoms with E-state index in [0.29, 0.717) is 0 Å². The SMILES string of the molecule is O=P(F)(F)OP(F)(F)=S. The Labute approximate surface area is 53.2 Å². The van der Waals surface area contributed by atoms with Gasteiger partial charge in [-0.3, -0.25) is 0 Å². The molecule has 0 unspecified atom stereocenters. The van der Waals surface area contributed by atoms with E-state index >= 15 is 0 Å². The summed E-state index contributed by atoms with van der Waals surface area (Å²) in [6.07, 6.45) is 0. The standard InChI is InChI=1S/F4O2P2S/c1-7(2,5)6-8(3,4)9. The lowest BCUT2D eigenvalue weighted by atomic mass is 15.8. The van der Waals surface area contributed by atoms with Gasteiger partial charge in [-0.15, -0.1) is 8.39 Å². The second-order valence-corrected chi connectivity index (χ2v) is 4.50. The minimum atomic E-state index is -6.09. The lowest BCUT2D eigenvalue weighted by Crippen LogP contribution is -1.66. The predicted molar refractivity (Wildman–Crippen MR) is 27.4 cm³/mol. The van der Waals surface area contributed by atoms with Crippen LogP contribution in [0.4, 0.5) is 16.8 Å². The zero-order chi connectivity index (χ0) is 7.71. The summed E-state index contributed by atoms with van der Waals surface area (Å²) in [6, 6.07) is 0. The summed E-state index contributed by atoms with van der Waals surface area (Å²) in [5, 5.41) is 0. The molecular weight excluding hydrogens is 202 g/mol. The van der Waals surface area contributed by atoms with Crippen LogP contribution in [0.25, 0.3) is 0 Å². The highest BCUT2D eigenvalue weighted by atomic mass is 32.5. The van der Waals surface area contributed by atoms with Crippen molar-refractivity contribution in [2.45, 2.75) is 0 Å². The third-order valence-electron chi connectivity index (χ3n) is 0.190. The molecule has 0 aromatic carbocycles. The Balaban J connectivity index is 4.07. The van der Waals surface area contributed by atoms with Crippen molar-refractivity contribution in [2.75, 3.05) is 0 Å². The van der Waals surface area contributed by atoms with Gasteiger partial charge in [-0.1, -0.05) is 0 Å². The first kappa shape index (κ1) is 9.56. The van der Waals surface area contributed by atoms with Crippen LogP contribution in [-0.2, 0) is 20.7 Å². The Morgan fingerprint density at radius 1 is 1.22 bits per heavy atom. The Hall–Kier alpha value is 0.560. The monoisotopic (exact) mass is 202 g/mol. The number of hydrogen-bond donors (Lipinski definition) is 0. The summed E-state index contributed by atoms with van der Waals surface area (Å²) in [4.78, 5) is 0. The van der Waals surface area contributed by atoms with Crippen molar-refractivity contribution in [3.8, 4) is 0 Å². The van der Waals surface area contributed by atoms with Crippen molar-refractivity contribution in [1.82, 2.24) is 0 Å². The summed E-state index contributed by atoms with van der Waals surface area (Å²) in [6.45, 7) is -5.47. The molecule has 0 aliphatic rings. The highest BCUT2D eigenvalue weighted by molar-refractivity contribution is 8.08. The highest BCUT2D eigenvalue weighted by Gasteiger charge is 2.32. The van der Waals surface area contributed by atoms with Gasteiger partial charge < -0.3 is 0 Å². The van der Waals surface area contributed by atoms with Crippen LogP contribution >= 0.6 is 14.9 Å².